The number of nitrogens with zero attached hydrogens (tertiary/aromatic N) is 1. The zero-order chi connectivity index (χ0) is 16.5. The second kappa shape index (κ2) is 9.51. The Balaban J connectivity index is 4.05. The molecule has 0 saturated heterocycles. The summed E-state index contributed by atoms with van der Waals surface area (Å²) in [5.74, 6) is 0.199. The third kappa shape index (κ3) is 9.19. The van der Waals surface area contributed by atoms with Gasteiger partial charge in [-0.1, -0.05) is 34.6 Å². The molecule has 5 heteroatoms. The number of rotatable bonds is 12. The average Bonchev–Trinajstić information content (AvgIpc) is 2.41. The molecule has 0 unspecified atom stereocenters. The molecule has 21 heavy (non-hydrogen) atoms. The maximum atomic E-state index is 12.1. The Hall–Kier alpha value is -0.490. The molecule has 0 atom stereocenters. The van der Waals surface area contributed by atoms with Crippen LogP contribution in [0.4, 0.5) is 0 Å². The summed E-state index contributed by atoms with van der Waals surface area (Å²) in [4.78, 5) is 17.8. The first-order valence-corrected chi connectivity index (χ1v) is 7.80. The van der Waals surface area contributed by atoms with Crippen molar-refractivity contribution in [1.82, 2.24) is 5.06 Å². The predicted molar refractivity (Wildman–Crippen MR) is 85.9 cm³/mol. The highest BCUT2D eigenvalue weighted by atomic mass is 16.7. The van der Waals surface area contributed by atoms with Crippen LogP contribution in [0.2, 0.25) is 0 Å². The molecule has 0 spiro atoms. The second-order valence-corrected chi connectivity index (χ2v) is 7.08. The molecule has 2 N–H and O–H groups in total. The Morgan fingerprint density at radius 3 is 2.33 bits per heavy atom. The van der Waals surface area contributed by atoms with E-state index in [0.717, 1.165) is 12.8 Å². The molecular formula is C16H34N2O3. The van der Waals surface area contributed by atoms with E-state index in [2.05, 4.69) is 13.8 Å². The molecule has 0 rings (SSSR count). The zero-order valence-corrected chi connectivity index (χ0v) is 14.7. The van der Waals surface area contributed by atoms with Crippen LogP contribution in [0.15, 0.2) is 0 Å². The Morgan fingerprint density at radius 2 is 1.81 bits per heavy atom. The summed E-state index contributed by atoms with van der Waals surface area (Å²) in [5.41, 5.74) is 5.04. The van der Waals surface area contributed by atoms with Crippen LogP contribution in [0.3, 0.4) is 0 Å². The SMILES string of the molecule is CCC(C)(C)C(=O)CN(C)OCC(C)(C)COCCCN. The molecule has 0 fully saturated rings. The van der Waals surface area contributed by atoms with Gasteiger partial charge in [-0.05, 0) is 19.4 Å². The van der Waals surface area contributed by atoms with Gasteiger partial charge in [-0.15, -0.1) is 0 Å². The molecule has 0 aromatic carbocycles. The van der Waals surface area contributed by atoms with E-state index in [1.54, 1.807) is 12.1 Å². The Morgan fingerprint density at radius 1 is 1.19 bits per heavy atom. The molecule has 0 saturated carbocycles. The van der Waals surface area contributed by atoms with Gasteiger partial charge in [0.2, 0.25) is 0 Å². The van der Waals surface area contributed by atoms with Crippen molar-refractivity contribution >= 4 is 5.78 Å². The number of hydroxylamine groups is 2. The van der Waals surface area contributed by atoms with Crippen LogP contribution in [-0.4, -0.2) is 50.8 Å². The molecule has 0 heterocycles. The third-order valence-electron chi connectivity index (χ3n) is 3.67. The van der Waals surface area contributed by atoms with Crippen LogP contribution in [-0.2, 0) is 14.4 Å². The fourth-order valence-corrected chi connectivity index (χ4v) is 1.52. The van der Waals surface area contributed by atoms with Crippen LogP contribution in [0.5, 0.6) is 0 Å². The summed E-state index contributed by atoms with van der Waals surface area (Å²) >= 11 is 0. The molecule has 0 amide bonds. The average molecular weight is 302 g/mol. The van der Waals surface area contributed by atoms with E-state index in [4.69, 9.17) is 15.3 Å². The molecule has 0 bridgehead atoms. The summed E-state index contributed by atoms with van der Waals surface area (Å²) in [5, 5.41) is 1.63. The standard InChI is InChI=1S/C16H34N2O3/c1-7-16(4,5)14(19)11-18(6)21-13-15(2,3)12-20-10-8-9-17/h7-13,17H2,1-6H3. The van der Waals surface area contributed by atoms with Crippen molar-refractivity contribution in [2.24, 2.45) is 16.6 Å². The van der Waals surface area contributed by atoms with Crippen LogP contribution >= 0.6 is 0 Å². The van der Waals surface area contributed by atoms with Crippen molar-refractivity contribution in [1.29, 1.82) is 0 Å². The first-order chi connectivity index (χ1) is 9.64. The van der Waals surface area contributed by atoms with Gasteiger partial charge in [0.25, 0.3) is 0 Å². The molecule has 0 aromatic rings. The molecule has 0 radical (unpaired) electrons. The lowest BCUT2D eigenvalue weighted by Gasteiger charge is -2.29. The van der Waals surface area contributed by atoms with E-state index in [0.29, 0.717) is 32.9 Å². The minimum Gasteiger partial charge on any atom is -0.381 e. The monoisotopic (exact) mass is 302 g/mol. The lowest BCUT2D eigenvalue weighted by atomic mass is 9.85. The van der Waals surface area contributed by atoms with Crippen LogP contribution in [0.25, 0.3) is 0 Å². The number of hydrogen-bond donors (Lipinski definition) is 1. The van der Waals surface area contributed by atoms with Gasteiger partial charge in [-0.25, -0.2) is 0 Å². The summed E-state index contributed by atoms with van der Waals surface area (Å²) in [6.45, 7) is 12.9. The maximum Gasteiger partial charge on any atom is 0.154 e. The first-order valence-electron chi connectivity index (χ1n) is 7.80. The molecule has 126 valence electrons. The lowest BCUT2D eigenvalue weighted by Crippen LogP contribution is -2.37. The van der Waals surface area contributed by atoms with Crippen molar-refractivity contribution in [3.8, 4) is 0 Å². The zero-order valence-electron chi connectivity index (χ0n) is 14.7. The number of hydrogen-bond acceptors (Lipinski definition) is 5. The normalized spacial score (nSPS) is 13.0. The highest BCUT2D eigenvalue weighted by Gasteiger charge is 2.27. The molecule has 5 nitrogen and oxygen atoms in total. The summed E-state index contributed by atoms with van der Waals surface area (Å²) in [6.07, 6.45) is 1.71. The molecule has 0 aliphatic heterocycles. The largest absolute Gasteiger partial charge is 0.381 e. The predicted octanol–water partition coefficient (Wildman–Crippen LogP) is 2.25. The number of carbonyl (C=O) groups excluding carboxylic acids is 1. The van der Waals surface area contributed by atoms with Crippen LogP contribution in [0.1, 0.15) is 47.5 Å². The number of carbonyl (C=O) groups is 1. The highest BCUT2D eigenvalue weighted by molar-refractivity contribution is 5.85. The van der Waals surface area contributed by atoms with Crippen molar-refractivity contribution in [2.75, 3.05) is 40.0 Å². The highest BCUT2D eigenvalue weighted by Crippen LogP contribution is 2.22. The summed E-state index contributed by atoms with van der Waals surface area (Å²) in [6, 6.07) is 0. The minimum absolute atomic E-state index is 0.0911. The number of likely N-dealkylation sites (N-methyl/N-ethyl adjacent to an activating group) is 1. The minimum atomic E-state index is -0.293. The van der Waals surface area contributed by atoms with E-state index < -0.39 is 0 Å². The first kappa shape index (κ1) is 20.5. The quantitative estimate of drug-likeness (QED) is 0.442. The molecule has 0 aliphatic carbocycles. The van der Waals surface area contributed by atoms with Gasteiger partial charge in [0.05, 0.1) is 19.8 Å². The number of ether oxygens (including phenoxy) is 1. The Bertz CT molecular complexity index is 304. The van der Waals surface area contributed by atoms with E-state index >= 15 is 0 Å². The van der Waals surface area contributed by atoms with Crippen LogP contribution < -0.4 is 5.73 Å². The van der Waals surface area contributed by atoms with Crippen molar-refractivity contribution in [2.45, 2.75) is 47.5 Å². The fraction of sp³-hybridized carbons (Fsp3) is 0.938. The Kier molecular flexibility index (Phi) is 9.29. The van der Waals surface area contributed by atoms with Crippen molar-refractivity contribution < 1.29 is 14.4 Å². The summed E-state index contributed by atoms with van der Waals surface area (Å²) in [7, 11) is 1.80. The number of ketones is 1. The number of nitrogens with two attached hydrogens (primary N) is 1. The van der Waals surface area contributed by atoms with Gasteiger partial charge in [0.15, 0.2) is 5.78 Å². The van der Waals surface area contributed by atoms with E-state index in [9.17, 15) is 4.79 Å². The van der Waals surface area contributed by atoms with E-state index in [-0.39, 0.29) is 16.6 Å². The molecule has 0 aliphatic rings. The van der Waals surface area contributed by atoms with Gasteiger partial charge >= 0.3 is 0 Å². The third-order valence-corrected chi connectivity index (χ3v) is 3.67. The van der Waals surface area contributed by atoms with Crippen molar-refractivity contribution in [3.63, 3.8) is 0 Å². The fourth-order valence-electron chi connectivity index (χ4n) is 1.52. The second-order valence-electron chi connectivity index (χ2n) is 7.08. The summed E-state index contributed by atoms with van der Waals surface area (Å²) < 4.78 is 5.58. The molecule has 0 aromatic heterocycles. The van der Waals surface area contributed by atoms with E-state index in [1.807, 2.05) is 20.8 Å². The van der Waals surface area contributed by atoms with Gasteiger partial charge in [-0.3, -0.25) is 9.63 Å². The van der Waals surface area contributed by atoms with Gasteiger partial charge < -0.3 is 10.5 Å². The Labute approximate surface area is 130 Å². The topological polar surface area (TPSA) is 64.8 Å². The molecular weight excluding hydrogens is 268 g/mol. The smallest absolute Gasteiger partial charge is 0.154 e. The van der Waals surface area contributed by atoms with Gasteiger partial charge in [0, 0.05) is 24.5 Å². The lowest BCUT2D eigenvalue weighted by molar-refractivity contribution is -0.177. The maximum absolute atomic E-state index is 12.1. The van der Waals surface area contributed by atoms with Crippen LogP contribution in [0, 0.1) is 10.8 Å². The number of Topliss-reactive ketones (excluding diaryl/α,β-unsaturated/α-hetero) is 1. The van der Waals surface area contributed by atoms with Gasteiger partial charge in [-0.2, -0.15) is 5.06 Å². The van der Waals surface area contributed by atoms with Gasteiger partial charge in [0.1, 0.15) is 0 Å². The van der Waals surface area contributed by atoms with Crippen molar-refractivity contribution in [3.05, 3.63) is 0 Å². The van der Waals surface area contributed by atoms with E-state index in [1.165, 1.54) is 0 Å².